The highest BCUT2D eigenvalue weighted by Gasteiger charge is 2.20. The van der Waals surface area contributed by atoms with Crippen molar-refractivity contribution in [3.8, 4) is 5.75 Å². The lowest BCUT2D eigenvalue weighted by Crippen LogP contribution is -2.27. The summed E-state index contributed by atoms with van der Waals surface area (Å²) in [4.78, 5) is 13.0. The largest absolute Gasteiger partial charge is 0.497 e. The van der Waals surface area contributed by atoms with E-state index in [2.05, 4.69) is 10.6 Å². The van der Waals surface area contributed by atoms with E-state index >= 15 is 0 Å². The molecule has 0 aliphatic heterocycles. The highest BCUT2D eigenvalue weighted by Crippen LogP contribution is 2.23. The zero-order chi connectivity index (χ0) is 18.4. The molecule has 4 nitrogen and oxygen atoms in total. The van der Waals surface area contributed by atoms with Crippen molar-refractivity contribution in [3.05, 3.63) is 90.0 Å². The number of carbonyl (C=O) groups excluding carboxylic acids is 1. The van der Waals surface area contributed by atoms with Gasteiger partial charge in [-0.05, 0) is 54.4 Å². The number of hydrogen-bond acceptors (Lipinski definition) is 3. The van der Waals surface area contributed by atoms with Crippen LogP contribution in [0.1, 0.15) is 17.2 Å². The maximum absolute atomic E-state index is 13.0. The van der Waals surface area contributed by atoms with Crippen LogP contribution >= 0.6 is 0 Å². The van der Waals surface area contributed by atoms with Gasteiger partial charge in [-0.2, -0.15) is 0 Å². The van der Waals surface area contributed by atoms with Gasteiger partial charge in [0, 0.05) is 11.4 Å². The minimum absolute atomic E-state index is 0.122. The van der Waals surface area contributed by atoms with Crippen molar-refractivity contribution in [2.24, 2.45) is 0 Å². The Hall–Kier alpha value is -3.27. The third kappa shape index (κ3) is 4.42. The van der Waals surface area contributed by atoms with Crippen LogP contribution < -0.4 is 15.4 Å². The van der Waals surface area contributed by atoms with Gasteiger partial charge in [0.2, 0.25) is 0 Å². The van der Waals surface area contributed by atoms with Crippen LogP contribution in [0.2, 0.25) is 0 Å². The number of hydrogen-bond donors (Lipinski definition) is 2. The molecule has 0 heterocycles. The van der Waals surface area contributed by atoms with Crippen LogP contribution in [0.15, 0.2) is 78.9 Å². The second-order valence-corrected chi connectivity index (χ2v) is 6.08. The summed E-state index contributed by atoms with van der Waals surface area (Å²) in [5, 5.41) is 6.31. The van der Waals surface area contributed by atoms with E-state index in [4.69, 9.17) is 4.74 Å². The van der Waals surface area contributed by atoms with E-state index in [0.29, 0.717) is 0 Å². The summed E-state index contributed by atoms with van der Waals surface area (Å²) in [6, 6.07) is 24.5. The molecule has 2 N–H and O–H groups in total. The first kappa shape index (κ1) is 17.5. The lowest BCUT2D eigenvalue weighted by atomic mass is 10.1. The average molecular weight is 346 g/mol. The topological polar surface area (TPSA) is 50.4 Å². The van der Waals surface area contributed by atoms with E-state index in [1.165, 1.54) is 0 Å². The zero-order valence-corrected chi connectivity index (χ0v) is 14.9. The number of nitrogens with one attached hydrogen (secondary N) is 2. The average Bonchev–Trinajstić information content (AvgIpc) is 2.67. The number of benzene rings is 3. The maximum Gasteiger partial charge on any atom is 0.251 e. The lowest BCUT2D eigenvalue weighted by Gasteiger charge is -2.20. The standard InChI is InChI=1S/C22H22N2O2/c1-16-7-6-10-19(15-16)23-21(17-8-4-3-5-9-17)22(25)24-18-11-13-20(26-2)14-12-18/h3-15,21,23H,1-2H3,(H,24,25). The molecule has 0 radical (unpaired) electrons. The van der Waals surface area contributed by atoms with Crippen molar-refractivity contribution in [1.29, 1.82) is 0 Å². The van der Waals surface area contributed by atoms with Crippen molar-refractivity contribution >= 4 is 17.3 Å². The molecule has 0 fully saturated rings. The fourth-order valence-electron chi connectivity index (χ4n) is 2.74. The number of amides is 1. The Morgan fingerprint density at radius 2 is 1.62 bits per heavy atom. The second kappa shape index (κ2) is 8.21. The number of ether oxygens (including phenoxy) is 1. The monoisotopic (exact) mass is 346 g/mol. The van der Waals surface area contributed by atoms with Gasteiger partial charge in [-0.1, -0.05) is 42.5 Å². The summed E-state index contributed by atoms with van der Waals surface area (Å²) in [7, 11) is 1.62. The van der Waals surface area contributed by atoms with Gasteiger partial charge in [-0.15, -0.1) is 0 Å². The molecular formula is C22H22N2O2. The van der Waals surface area contributed by atoms with Crippen molar-refractivity contribution in [2.75, 3.05) is 17.7 Å². The van der Waals surface area contributed by atoms with Crippen LogP contribution in [0.25, 0.3) is 0 Å². The van der Waals surface area contributed by atoms with Gasteiger partial charge in [0.15, 0.2) is 0 Å². The molecule has 1 amide bonds. The summed E-state index contributed by atoms with van der Waals surface area (Å²) in [5.41, 5.74) is 3.67. The molecule has 0 aliphatic rings. The molecule has 0 saturated carbocycles. The third-order valence-corrected chi connectivity index (χ3v) is 4.08. The molecule has 1 unspecified atom stereocenters. The molecule has 4 heteroatoms. The Morgan fingerprint density at radius 3 is 2.27 bits per heavy atom. The normalized spacial score (nSPS) is 11.5. The molecule has 132 valence electrons. The minimum Gasteiger partial charge on any atom is -0.497 e. The number of aryl methyl sites for hydroxylation is 1. The Balaban J connectivity index is 1.83. The van der Waals surface area contributed by atoms with E-state index in [1.807, 2.05) is 85.8 Å². The Kier molecular flexibility index (Phi) is 5.54. The fourth-order valence-corrected chi connectivity index (χ4v) is 2.74. The van der Waals surface area contributed by atoms with Gasteiger partial charge in [0.25, 0.3) is 5.91 Å². The van der Waals surface area contributed by atoms with E-state index in [9.17, 15) is 4.79 Å². The molecule has 1 atom stereocenters. The summed E-state index contributed by atoms with van der Waals surface area (Å²) in [5.74, 6) is 0.628. The first-order valence-electron chi connectivity index (χ1n) is 8.49. The van der Waals surface area contributed by atoms with Crippen LogP contribution in [0.5, 0.6) is 5.75 Å². The first-order chi connectivity index (χ1) is 12.7. The maximum atomic E-state index is 13.0. The number of anilines is 2. The number of methoxy groups -OCH3 is 1. The molecule has 0 aliphatic carbocycles. The summed E-state index contributed by atoms with van der Waals surface area (Å²) in [6.45, 7) is 2.03. The SMILES string of the molecule is COc1ccc(NC(=O)C(Nc2cccc(C)c2)c2ccccc2)cc1. The molecule has 3 aromatic carbocycles. The molecule has 3 rings (SSSR count). The summed E-state index contributed by atoms with van der Waals surface area (Å²) >= 11 is 0. The quantitative estimate of drug-likeness (QED) is 0.674. The lowest BCUT2D eigenvalue weighted by molar-refractivity contribution is -0.117. The van der Waals surface area contributed by atoms with Crippen molar-refractivity contribution in [3.63, 3.8) is 0 Å². The number of carbonyl (C=O) groups is 1. The Bertz CT molecular complexity index is 861. The Morgan fingerprint density at radius 1 is 0.885 bits per heavy atom. The van der Waals surface area contributed by atoms with Gasteiger partial charge in [0.05, 0.1) is 7.11 Å². The molecule has 3 aromatic rings. The van der Waals surface area contributed by atoms with Crippen LogP contribution in [-0.4, -0.2) is 13.0 Å². The predicted molar refractivity (Wildman–Crippen MR) is 106 cm³/mol. The molecule has 0 bridgehead atoms. The number of rotatable bonds is 6. The van der Waals surface area contributed by atoms with Crippen molar-refractivity contribution < 1.29 is 9.53 Å². The third-order valence-electron chi connectivity index (χ3n) is 4.08. The Labute approximate surface area is 153 Å². The van der Waals surface area contributed by atoms with Gasteiger partial charge in [-0.3, -0.25) is 4.79 Å². The highest BCUT2D eigenvalue weighted by molar-refractivity contribution is 5.97. The summed E-state index contributed by atoms with van der Waals surface area (Å²) in [6.07, 6.45) is 0. The molecule has 26 heavy (non-hydrogen) atoms. The zero-order valence-electron chi connectivity index (χ0n) is 14.9. The molecule has 0 aromatic heterocycles. The van der Waals surface area contributed by atoms with Crippen LogP contribution in [-0.2, 0) is 4.79 Å². The molecule has 0 saturated heterocycles. The van der Waals surface area contributed by atoms with Crippen LogP contribution in [0, 0.1) is 6.92 Å². The van der Waals surface area contributed by atoms with E-state index in [1.54, 1.807) is 7.11 Å². The minimum atomic E-state index is -0.500. The second-order valence-electron chi connectivity index (χ2n) is 6.08. The van der Waals surface area contributed by atoms with Crippen LogP contribution in [0.4, 0.5) is 11.4 Å². The molecular weight excluding hydrogens is 324 g/mol. The highest BCUT2D eigenvalue weighted by atomic mass is 16.5. The molecule has 0 spiro atoms. The van der Waals surface area contributed by atoms with Gasteiger partial charge >= 0.3 is 0 Å². The van der Waals surface area contributed by atoms with Gasteiger partial charge < -0.3 is 15.4 Å². The van der Waals surface area contributed by atoms with E-state index < -0.39 is 6.04 Å². The van der Waals surface area contributed by atoms with Crippen LogP contribution in [0.3, 0.4) is 0 Å². The fraction of sp³-hybridized carbons (Fsp3) is 0.136. The van der Waals surface area contributed by atoms with E-state index in [-0.39, 0.29) is 5.91 Å². The first-order valence-corrected chi connectivity index (χ1v) is 8.49. The predicted octanol–water partition coefficient (Wildman–Crippen LogP) is 4.80. The van der Waals surface area contributed by atoms with Crippen molar-refractivity contribution in [2.45, 2.75) is 13.0 Å². The van der Waals surface area contributed by atoms with Crippen molar-refractivity contribution in [1.82, 2.24) is 0 Å². The smallest absolute Gasteiger partial charge is 0.251 e. The van der Waals surface area contributed by atoms with E-state index in [0.717, 1.165) is 28.3 Å². The van der Waals surface area contributed by atoms with Gasteiger partial charge in [-0.25, -0.2) is 0 Å². The summed E-state index contributed by atoms with van der Waals surface area (Å²) < 4.78 is 5.16. The van der Waals surface area contributed by atoms with Gasteiger partial charge in [0.1, 0.15) is 11.8 Å².